The summed E-state index contributed by atoms with van der Waals surface area (Å²) in [4.78, 5) is 21.7. The smallest absolute Gasteiger partial charge is 0.336 e. The van der Waals surface area contributed by atoms with Gasteiger partial charge in [0.1, 0.15) is 12.1 Å². The summed E-state index contributed by atoms with van der Waals surface area (Å²) in [6.45, 7) is 0. The van der Waals surface area contributed by atoms with E-state index in [0.29, 0.717) is 0 Å². The Morgan fingerprint density at radius 3 is 2.16 bits per heavy atom. The number of nitrogens with one attached hydrogen (secondary N) is 1. The molecule has 1 aromatic rings. The molecule has 0 radical (unpaired) electrons. The molecule has 1 rings (SSSR count). The molecule has 0 fully saturated rings. The Hall–Kier alpha value is -3.39. The van der Waals surface area contributed by atoms with Crippen LogP contribution in [0.25, 0.3) is 0 Å². The molecule has 0 aliphatic carbocycles. The van der Waals surface area contributed by atoms with Gasteiger partial charge in [-0.3, -0.25) is 5.43 Å². The lowest BCUT2D eigenvalue weighted by Gasteiger charge is -2.04. The number of carboxylic acid groups (broad SMARTS) is 2. The molecule has 1 aromatic carbocycles. The van der Waals surface area contributed by atoms with Crippen LogP contribution in [-0.2, 0) is 0 Å². The molecule has 0 amide bonds. The number of carbonyl (C=O) groups is 2. The molecule has 0 heterocycles. The van der Waals surface area contributed by atoms with Crippen molar-refractivity contribution in [2.24, 2.45) is 5.10 Å². The average molecular weight is 258 g/mol. The average Bonchev–Trinajstić information content (AvgIpc) is 2.39. The van der Waals surface area contributed by atoms with E-state index in [9.17, 15) is 9.59 Å². The maximum absolute atomic E-state index is 10.9. The number of hydrogen-bond donors (Lipinski definition) is 3. The molecule has 0 bridgehead atoms. The zero-order valence-corrected chi connectivity index (χ0v) is 9.28. The summed E-state index contributed by atoms with van der Waals surface area (Å²) >= 11 is 0. The summed E-state index contributed by atoms with van der Waals surface area (Å²) in [7, 11) is 0. The van der Waals surface area contributed by atoms with E-state index in [1.807, 2.05) is 0 Å². The lowest BCUT2D eigenvalue weighted by Crippen LogP contribution is -2.08. The largest absolute Gasteiger partial charge is 0.478 e. The molecular weight excluding hydrogens is 252 g/mol. The molecule has 0 saturated heterocycles. The van der Waals surface area contributed by atoms with Crippen LogP contribution in [0.5, 0.6) is 0 Å². The number of nitriles is 2. The first kappa shape index (κ1) is 13.7. The van der Waals surface area contributed by atoms with Crippen LogP contribution in [0.4, 0.5) is 5.69 Å². The standard InChI is InChI=1S/C11H6N4O4/c12-4-7(5-13)15-14-6-1-2-8(10(16)17)9(3-6)11(18)19/h1-3,14H,(H,16,17)(H,18,19). The third kappa shape index (κ3) is 3.28. The van der Waals surface area contributed by atoms with Gasteiger partial charge in [0.05, 0.1) is 16.8 Å². The molecule has 19 heavy (non-hydrogen) atoms. The van der Waals surface area contributed by atoms with E-state index in [1.54, 1.807) is 0 Å². The van der Waals surface area contributed by atoms with Gasteiger partial charge in [-0.1, -0.05) is 0 Å². The fourth-order valence-corrected chi connectivity index (χ4v) is 1.17. The van der Waals surface area contributed by atoms with Crippen molar-refractivity contribution >= 4 is 23.3 Å². The van der Waals surface area contributed by atoms with Gasteiger partial charge in [0.15, 0.2) is 0 Å². The lowest BCUT2D eigenvalue weighted by molar-refractivity contribution is 0.0651. The Kier molecular flexibility index (Phi) is 4.17. The second-order valence-corrected chi connectivity index (χ2v) is 3.17. The summed E-state index contributed by atoms with van der Waals surface area (Å²) < 4.78 is 0. The number of aromatic carboxylic acids is 2. The highest BCUT2D eigenvalue weighted by molar-refractivity contribution is 6.10. The molecular formula is C11H6N4O4. The second kappa shape index (κ2) is 5.80. The van der Waals surface area contributed by atoms with Gasteiger partial charge in [0.2, 0.25) is 5.71 Å². The van der Waals surface area contributed by atoms with Crippen LogP contribution < -0.4 is 5.43 Å². The van der Waals surface area contributed by atoms with Gasteiger partial charge in [0.25, 0.3) is 0 Å². The monoisotopic (exact) mass is 258 g/mol. The highest BCUT2D eigenvalue weighted by Gasteiger charge is 2.16. The van der Waals surface area contributed by atoms with Crippen molar-refractivity contribution in [1.82, 2.24) is 0 Å². The highest BCUT2D eigenvalue weighted by atomic mass is 16.4. The number of hydrogen-bond acceptors (Lipinski definition) is 6. The van der Waals surface area contributed by atoms with E-state index in [4.69, 9.17) is 20.7 Å². The number of hydrazone groups is 1. The van der Waals surface area contributed by atoms with Crippen molar-refractivity contribution in [1.29, 1.82) is 10.5 Å². The van der Waals surface area contributed by atoms with E-state index in [2.05, 4.69) is 10.5 Å². The van der Waals surface area contributed by atoms with Crippen LogP contribution in [0.3, 0.4) is 0 Å². The van der Waals surface area contributed by atoms with Gasteiger partial charge < -0.3 is 10.2 Å². The molecule has 0 atom stereocenters. The summed E-state index contributed by atoms with van der Waals surface area (Å²) in [6, 6.07) is 6.41. The SMILES string of the molecule is N#CC(C#N)=NNc1ccc(C(=O)O)c(C(=O)O)c1. The molecule has 0 aliphatic rings. The molecule has 0 aliphatic heterocycles. The topological polar surface area (TPSA) is 147 Å². The zero-order chi connectivity index (χ0) is 14.4. The van der Waals surface area contributed by atoms with Crippen LogP contribution in [-0.4, -0.2) is 27.9 Å². The molecule has 0 unspecified atom stereocenters. The Bertz CT molecular complexity index is 636. The van der Waals surface area contributed by atoms with Crippen LogP contribution in [0.2, 0.25) is 0 Å². The number of anilines is 1. The minimum atomic E-state index is -1.41. The molecule has 3 N–H and O–H groups in total. The van der Waals surface area contributed by atoms with Crippen molar-refractivity contribution in [2.45, 2.75) is 0 Å². The van der Waals surface area contributed by atoms with Crippen molar-refractivity contribution < 1.29 is 19.8 Å². The van der Waals surface area contributed by atoms with Gasteiger partial charge in [-0.25, -0.2) is 9.59 Å². The van der Waals surface area contributed by atoms with Gasteiger partial charge in [-0.2, -0.15) is 15.6 Å². The fraction of sp³-hybridized carbons (Fsp3) is 0. The van der Waals surface area contributed by atoms with E-state index >= 15 is 0 Å². The minimum absolute atomic E-state index is 0.144. The summed E-state index contributed by atoms with van der Waals surface area (Å²) in [5, 5.41) is 38.0. The van der Waals surface area contributed by atoms with Gasteiger partial charge in [-0.05, 0) is 18.2 Å². The first-order valence-electron chi connectivity index (χ1n) is 4.74. The van der Waals surface area contributed by atoms with E-state index < -0.39 is 23.2 Å². The van der Waals surface area contributed by atoms with Crippen LogP contribution in [0, 0.1) is 22.7 Å². The minimum Gasteiger partial charge on any atom is -0.478 e. The predicted molar refractivity (Wildman–Crippen MR) is 62.6 cm³/mol. The van der Waals surface area contributed by atoms with Crippen LogP contribution >= 0.6 is 0 Å². The molecule has 0 aromatic heterocycles. The number of rotatable bonds is 4. The van der Waals surface area contributed by atoms with E-state index in [-0.39, 0.29) is 11.3 Å². The Morgan fingerprint density at radius 1 is 1.11 bits per heavy atom. The Morgan fingerprint density at radius 2 is 1.68 bits per heavy atom. The molecule has 94 valence electrons. The van der Waals surface area contributed by atoms with Crippen molar-refractivity contribution in [3.8, 4) is 12.1 Å². The predicted octanol–water partition coefficient (Wildman–Crippen LogP) is 0.898. The first-order valence-corrected chi connectivity index (χ1v) is 4.74. The van der Waals surface area contributed by atoms with Crippen LogP contribution in [0.15, 0.2) is 23.3 Å². The Labute approximate surface area is 106 Å². The summed E-state index contributed by atoms with van der Waals surface area (Å²) in [5.41, 5.74) is 1.19. The van der Waals surface area contributed by atoms with Crippen molar-refractivity contribution in [3.63, 3.8) is 0 Å². The molecule has 8 heteroatoms. The van der Waals surface area contributed by atoms with Crippen molar-refractivity contribution in [3.05, 3.63) is 29.3 Å². The third-order valence-corrected chi connectivity index (χ3v) is 1.99. The van der Waals surface area contributed by atoms with Crippen LogP contribution in [0.1, 0.15) is 20.7 Å². The maximum atomic E-state index is 10.9. The fourth-order valence-electron chi connectivity index (χ4n) is 1.17. The van der Waals surface area contributed by atoms with Gasteiger partial charge >= 0.3 is 11.9 Å². The number of benzene rings is 1. The van der Waals surface area contributed by atoms with E-state index in [0.717, 1.165) is 12.1 Å². The lowest BCUT2D eigenvalue weighted by atomic mass is 10.1. The zero-order valence-electron chi connectivity index (χ0n) is 9.28. The van der Waals surface area contributed by atoms with E-state index in [1.165, 1.54) is 18.2 Å². The quantitative estimate of drug-likeness (QED) is 0.536. The maximum Gasteiger partial charge on any atom is 0.336 e. The van der Waals surface area contributed by atoms with Gasteiger partial charge in [0, 0.05) is 0 Å². The summed E-state index contributed by atoms with van der Waals surface area (Å²) in [6.07, 6.45) is 0. The molecule has 0 saturated carbocycles. The first-order chi connectivity index (χ1) is 8.99. The highest BCUT2D eigenvalue weighted by Crippen LogP contribution is 2.16. The van der Waals surface area contributed by atoms with Gasteiger partial charge in [-0.15, -0.1) is 0 Å². The molecule has 8 nitrogen and oxygen atoms in total. The molecule has 0 spiro atoms. The summed E-state index contributed by atoms with van der Waals surface area (Å²) in [5.74, 6) is -2.78. The number of nitrogens with zero attached hydrogens (tertiary/aromatic N) is 3. The Balaban J connectivity index is 3.15. The van der Waals surface area contributed by atoms with Crippen molar-refractivity contribution in [2.75, 3.05) is 5.43 Å². The normalized spacial score (nSPS) is 8.74. The number of carboxylic acids is 2. The third-order valence-electron chi connectivity index (χ3n) is 1.99. The second-order valence-electron chi connectivity index (χ2n) is 3.17.